The molecule has 27 heavy (non-hydrogen) atoms. The number of carbonyl (C=O) groups is 1. The summed E-state index contributed by atoms with van der Waals surface area (Å²) in [5.74, 6) is -1.04. The largest absolute Gasteiger partial charge is 0.491 e. The normalized spacial score (nSPS) is 17.8. The smallest absolute Gasteiger partial charge is 0.292 e. The number of para-hydroxylation sites is 1. The molecule has 2 heterocycles. The van der Waals surface area contributed by atoms with Gasteiger partial charge in [-0.3, -0.25) is 4.79 Å². The fraction of sp³-hybridized carbons (Fsp3) is 0.350. The maximum Gasteiger partial charge on any atom is 0.292 e. The van der Waals surface area contributed by atoms with Gasteiger partial charge in [0.25, 0.3) is 11.7 Å². The lowest BCUT2D eigenvalue weighted by molar-refractivity contribution is -0.180. The van der Waals surface area contributed by atoms with E-state index in [1.807, 2.05) is 38.1 Å². The minimum atomic E-state index is -1.45. The van der Waals surface area contributed by atoms with Gasteiger partial charge in [0.1, 0.15) is 5.75 Å². The maximum atomic E-state index is 13.3. The van der Waals surface area contributed by atoms with E-state index in [0.717, 1.165) is 5.56 Å². The fourth-order valence-electron chi connectivity index (χ4n) is 3.48. The summed E-state index contributed by atoms with van der Waals surface area (Å²) in [5, 5.41) is 0.677. The maximum absolute atomic E-state index is 13.3. The first-order chi connectivity index (χ1) is 12.9. The summed E-state index contributed by atoms with van der Waals surface area (Å²) in [4.78, 5) is 14.9. The Kier molecular flexibility index (Phi) is 4.80. The molecular formula is C20H19Cl2NO4. The van der Waals surface area contributed by atoms with Crippen molar-refractivity contribution < 1.29 is 19.0 Å². The minimum Gasteiger partial charge on any atom is -0.491 e. The Hall–Kier alpha value is -1.79. The Morgan fingerprint density at radius 2 is 1.85 bits per heavy atom. The van der Waals surface area contributed by atoms with Crippen LogP contribution >= 0.6 is 23.2 Å². The molecule has 0 atom stereocenters. The van der Waals surface area contributed by atoms with Crippen molar-refractivity contribution in [1.82, 2.24) is 0 Å². The average molecular weight is 408 g/mol. The molecular weight excluding hydrogens is 389 g/mol. The van der Waals surface area contributed by atoms with Gasteiger partial charge in [-0.05, 0) is 32.0 Å². The minimum absolute atomic E-state index is 0.0126. The van der Waals surface area contributed by atoms with Crippen LogP contribution in [0, 0.1) is 0 Å². The van der Waals surface area contributed by atoms with E-state index in [-0.39, 0.29) is 18.6 Å². The monoisotopic (exact) mass is 407 g/mol. The van der Waals surface area contributed by atoms with Crippen molar-refractivity contribution in [3.63, 3.8) is 0 Å². The second-order valence-electron chi connectivity index (χ2n) is 6.74. The Morgan fingerprint density at radius 3 is 2.56 bits per heavy atom. The van der Waals surface area contributed by atoms with E-state index in [1.165, 1.54) is 0 Å². The molecule has 0 N–H and O–H groups in total. The molecule has 1 fully saturated rings. The van der Waals surface area contributed by atoms with Crippen molar-refractivity contribution >= 4 is 34.8 Å². The van der Waals surface area contributed by atoms with Crippen LogP contribution in [0.3, 0.4) is 0 Å². The molecule has 2 aliphatic heterocycles. The van der Waals surface area contributed by atoms with Crippen LogP contribution in [0.15, 0.2) is 36.4 Å². The molecule has 142 valence electrons. The predicted octanol–water partition coefficient (Wildman–Crippen LogP) is 4.53. The predicted molar refractivity (Wildman–Crippen MR) is 103 cm³/mol. The Morgan fingerprint density at radius 1 is 1.15 bits per heavy atom. The average Bonchev–Trinajstić information content (AvgIpc) is 3.20. The van der Waals surface area contributed by atoms with E-state index in [0.29, 0.717) is 40.3 Å². The standard InChI is InChI=1S/C20H19Cl2NO4/c1-12(2)27-16-6-4-3-5-13(16)11-23-18-14(7-8-15(21)17(18)22)20(19(23)24)25-9-10-26-20/h3-8,12H,9-11H2,1-2H3. The highest BCUT2D eigenvalue weighted by atomic mass is 35.5. The third-order valence-electron chi connectivity index (χ3n) is 4.58. The van der Waals surface area contributed by atoms with Crippen molar-refractivity contribution in [2.24, 2.45) is 0 Å². The Labute approximate surface area is 167 Å². The van der Waals surface area contributed by atoms with Gasteiger partial charge in [-0.15, -0.1) is 0 Å². The molecule has 0 aromatic heterocycles. The third-order valence-corrected chi connectivity index (χ3v) is 5.37. The molecule has 0 bridgehead atoms. The van der Waals surface area contributed by atoms with Crippen LogP contribution in [0.1, 0.15) is 25.0 Å². The van der Waals surface area contributed by atoms with Gasteiger partial charge in [0.05, 0.1) is 41.6 Å². The fourth-order valence-corrected chi connectivity index (χ4v) is 3.90. The molecule has 1 saturated heterocycles. The van der Waals surface area contributed by atoms with E-state index in [2.05, 4.69) is 0 Å². The first-order valence-electron chi connectivity index (χ1n) is 8.77. The molecule has 2 aromatic rings. The number of fused-ring (bicyclic) bond motifs is 2. The highest BCUT2D eigenvalue weighted by molar-refractivity contribution is 6.44. The summed E-state index contributed by atoms with van der Waals surface area (Å²) in [6, 6.07) is 11.0. The molecule has 5 nitrogen and oxygen atoms in total. The quantitative estimate of drug-likeness (QED) is 0.746. The molecule has 0 saturated carbocycles. The number of nitrogens with zero attached hydrogens (tertiary/aromatic N) is 1. The number of hydrogen-bond acceptors (Lipinski definition) is 4. The molecule has 0 unspecified atom stereocenters. The molecule has 7 heteroatoms. The number of ether oxygens (including phenoxy) is 3. The van der Waals surface area contributed by atoms with Crippen LogP contribution < -0.4 is 9.64 Å². The summed E-state index contributed by atoms with van der Waals surface area (Å²) in [7, 11) is 0. The lowest BCUT2D eigenvalue weighted by atomic mass is 10.1. The van der Waals surface area contributed by atoms with Gasteiger partial charge in [0.15, 0.2) is 0 Å². The summed E-state index contributed by atoms with van der Waals surface area (Å²) >= 11 is 12.7. The van der Waals surface area contributed by atoms with Crippen LogP contribution in [0.2, 0.25) is 10.0 Å². The van der Waals surface area contributed by atoms with Crippen LogP contribution in [0.4, 0.5) is 5.69 Å². The zero-order valence-electron chi connectivity index (χ0n) is 15.0. The number of benzene rings is 2. The lowest BCUT2D eigenvalue weighted by Crippen LogP contribution is -2.41. The van der Waals surface area contributed by atoms with Gasteiger partial charge >= 0.3 is 0 Å². The number of halogens is 2. The molecule has 2 aromatic carbocycles. The summed E-state index contributed by atoms with van der Waals surface area (Å²) in [6.45, 7) is 4.86. The van der Waals surface area contributed by atoms with E-state index in [4.69, 9.17) is 37.4 Å². The van der Waals surface area contributed by atoms with Gasteiger partial charge in [-0.1, -0.05) is 41.4 Å². The topological polar surface area (TPSA) is 48.0 Å². The molecule has 0 aliphatic carbocycles. The zero-order valence-corrected chi connectivity index (χ0v) is 16.5. The number of amides is 1. The Bertz CT molecular complexity index is 894. The zero-order chi connectivity index (χ0) is 19.2. The summed E-state index contributed by atoms with van der Waals surface area (Å²) < 4.78 is 17.4. The van der Waals surface area contributed by atoms with Gasteiger partial charge in [-0.25, -0.2) is 0 Å². The molecule has 4 rings (SSSR count). The lowest BCUT2D eigenvalue weighted by Gasteiger charge is -2.23. The SMILES string of the molecule is CC(C)Oc1ccccc1CN1C(=O)C2(OCCO2)c2ccc(Cl)c(Cl)c21. The van der Waals surface area contributed by atoms with Crippen molar-refractivity contribution in [2.75, 3.05) is 18.1 Å². The van der Waals surface area contributed by atoms with Crippen molar-refractivity contribution in [2.45, 2.75) is 32.3 Å². The van der Waals surface area contributed by atoms with Crippen LogP contribution in [0.5, 0.6) is 5.75 Å². The van der Waals surface area contributed by atoms with Gasteiger partial charge < -0.3 is 19.1 Å². The Balaban J connectivity index is 1.79. The number of carbonyl (C=O) groups excluding carboxylic acids is 1. The van der Waals surface area contributed by atoms with Gasteiger partial charge in [0.2, 0.25) is 0 Å². The third kappa shape index (κ3) is 2.99. The summed E-state index contributed by atoms with van der Waals surface area (Å²) in [6.07, 6.45) is 0.0126. The van der Waals surface area contributed by atoms with Crippen molar-refractivity contribution in [3.05, 3.63) is 57.6 Å². The number of hydrogen-bond donors (Lipinski definition) is 0. The van der Waals surface area contributed by atoms with E-state index >= 15 is 0 Å². The molecule has 2 aliphatic rings. The van der Waals surface area contributed by atoms with Crippen molar-refractivity contribution in [3.8, 4) is 5.75 Å². The van der Waals surface area contributed by atoms with Crippen molar-refractivity contribution in [1.29, 1.82) is 0 Å². The second-order valence-corrected chi connectivity index (χ2v) is 7.52. The van der Waals surface area contributed by atoms with E-state index in [1.54, 1.807) is 17.0 Å². The second kappa shape index (κ2) is 6.99. The first-order valence-corrected chi connectivity index (χ1v) is 9.52. The first kappa shape index (κ1) is 18.6. The summed E-state index contributed by atoms with van der Waals surface area (Å²) in [5.41, 5.74) is 1.97. The van der Waals surface area contributed by atoms with E-state index in [9.17, 15) is 4.79 Å². The molecule has 1 spiro atoms. The van der Waals surface area contributed by atoms with Gasteiger partial charge in [-0.2, -0.15) is 0 Å². The van der Waals surface area contributed by atoms with Crippen LogP contribution in [-0.2, 0) is 26.6 Å². The van der Waals surface area contributed by atoms with E-state index < -0.39 is 5.79 Å². The van der Waals surface area contributed by atoms with Gasteiger partial charge in [0, 0.05) is 11.1 Å². The van der Waals surface area contributed by atoms with Crippen LogP contribution in [0.25, 0.3) is 0 Å². The number of rotatable bonds is 4. The highest BCUT2D eigenvalue weighted by Gasteiger charge is 2.57. The number of anilines is 1. The highest BCUT2D eigenvalue weighted by Crippen LogP contribution is 2.51. The molecule has 1 amide bonds. The van der Waals surface area contributed by atoms with Crippen LogP contribution in [-0.4, -0.2) is 25.2 Å². The molecule has 0 radical (unpaired) electrons.